The average molecular weight is 395 g/mol. The Bertz CT molecular complexity index is 1200. The molecule has 5 heteroatoms. The van der Waals surface area contributed by atoms with Gasteiger partial charge in [-0.2, -0.15) is 0 Å². The van der Waals surface area contributed by atoms with Gasteiger partial charge in [0.1, 0.15) is 11.3 Å². The number of hydrogen-bond donors (Lipinski definition) is 1. The van der Waals surface area contributed by atoms with E-state index in [2.05, 4.69) is 15.9 Å². The molecule has 4 nitrogen and oxygen atoms in total. The molecule has 0 saturated carbocycles. The van der Waals surface area contributed by atoms with Gasteiger partial charge in [0, 0.05) is 21.5 Å². The predicted molar refractivity (Wildman–Crippen MR) is 100 cm³/mol. The average Bonchev–Trinajstić information content (AvgIpc) is 2.61. The molecule has 25 heavy (non-hydrogen) atoms. The number of hydrogen-bond acceptors (Lipinski definition) is 3. The molecule has 1 aromatic heterocycles. The second-order valence-electron chi connectivity index (χ2n) is 5.63. The van der Waals surface area contributed by atoms with Crippen molar-refractivity contribution in [3.05, 3.63) is 80.9 Å². The van der Waals surface area contributed by atoms with Crippen molar-refractivity contribution in [1.29, 1.82) is 0 Å². The van der Waals surface area contributed by atoms with Crippen molar-refractivity contribution in [2.45, 2.75) is 0 Å². The van der Waals surface area contributed by atoms with Crippen LogP contribution in [0, 0.1) is 0 Å². The molecule has 0 unspecified atom stereocenters. The molecule has 122 valence electrons. The number of rotatable bonds is 2. The second-order valence-corrected chi connectivity index (χ2v) is 6.55. The molecule has 0 amide bonds. The zero-order valence-corrected chi connectivity index (χ0v) is 14.4. The van der Waals surface area contributed by atoms with E-state index < -0.39 is 5.97 Å². The maximum atomic E-state index is 12.5. The monoisotopic (exact) mass is 394 g/mol. The molecule has 4 rings (SSSR count). The summed E-state index contributed by atoms with van der Waals surface area (Å²) in [6.45, 7) is 0. The van der Waals surface area contributed by atoms with E-state index in [1.807, 2.05) is 18.2 Å². The van der Waals surface area contributed by atoms with Gasteiger partial charge in [0.2, 0.25) is 0 Å². The Morgan fingerprint density at radius 1 is 1.00 bits per heavy atom. The number of aromatic carboxylic acids is 1. The fraction of sp³-hybridized carbons (Fsp3) is 0. The van der Waals surface area contributed by atoms with Crippen LogP contribution in [0.5, 0.6) is 0 Å². The molecule has 3 aromatic carbocycles. The van der Waals surface area contributed by atoms with E-state index in [0.717, 1.165) is 9.86 Å². The number of carboxylic acid groups (broad SMARTS) is 1. The normalized spacial score (nSPS) is 11.1. The maximum Gasteiger partial charge on any atom is 0.336 e. The fourth-order valence-corrected chi connectivity index (χ4v) is 3.35. The van der Waals surface area contributed by atoms with Gasteiger partial charge < -0.3 is 9.52 Å². The van der Waals surface area contributed by atoms with Crippen molar-refractivity contribution >= 4 is 43.6 Å². The molecule has 0 atom stereocenters. The molecule has 0 spiro atoms. The highest BCUT2D eigenvalue weighted by Gasteiger charge is 2.15. The summed E-state index contributed by atoms with van der Waals surface area (Å²) in [6.07, 6.45) is 0. The summed E-state index contributed by atoms with van der Waals surface area (Å²) in [5, 5.41) is 11.3. The molecule has 0 aliphatic rings. The van der Waals surface area contributed by atoms with Crippen LogP contribution in [0.25, 0.3) is 33.1 Å². The molecule has 0 bridgehead atoms. The van der Waals surface area contributed by atoms with Gasteiger partial charge in [-0.05, 0) is 29.7 Å². The molecule has 0 aliphatic carbocycles. The number of fused-ring (bicyclic) bond motifs is 2. The van der Waals surface area contributed by atoms with E-state index in [1.54, 1.807) is 36.4 Å². The molecular formula is C20H11BrO4. The van der Waals surface area contributed by atoms with Gasteiger partial charge >= 0.3 is 5.97 Å². The third kappa shape index (κ3) is 2.62. The standard InChI is InChI=1S/C20H11BrO4/c21-12-7-8-17-15(9-12)16(22)10-18(25-17)13-5-1-3-11-4-2-6-14(19(11)13)20(23)24/h1-10H,(H,23,24). The summed E-state index contributed by atoms with van der Waals surface area (Å²) >= 11 is 3.34. The van der Waals surface area contributed by atoms with Crippen LogP contribution in [-0.4, -0.2) is 11.1 Å². The van der Waals surface area contributed by atoms with Crippen LogP contribution < -0.4 is 5.43 Å². The minimum Gasteiger partial charge on any atom is -0.478 e. The smallest absolute Gasteiger partial charge is 0.336 e. The van der Waals surface area contributed by atoms with Crippen LogP contribution in [0.2, 0.25) is 0 Å². The van der Waals surface area contributed by atoms with Crippen molar-refractivity contribution in [3.63, 3.8) is 0 Å². The molecular weight excluding hydrogens is 384 g/mol. The quantitative estimate of drug-likeness (QED) is 0.514. The number of carboxylic acids is 1. The SMILES string of the molecule is O=C(O)c1cccc2cccc(-c3cc(=O)c4cc(Br)ccc4o3)c12. The zero-order chi connectivity index (χ0) is 17.6. The first kappa shape index (κ1) is 15.6. The first-order valence-electron chi connectivity index (χ1n) is 7.53. The maximum absolute atomic E-state index is 12.5. The van der Waals surface area contributed by atoms with Crippen LogP contribution in [0.4, 0.5) is 0 Å². The van der Waals surface area contributed by atoms with Gasteiger partial charge in [0.05, 0.1) is 10.9 Å². The van der Waals surface area contributed by atoms with Crippen molar-refractivity contribution in [3.8, 4) is 11.3 Å². The molecule has 0 saturated heterocycles. The number of halogens is 1. The minimum absolute atomic E-state index is 0.173. The Kier molecular flexibility index (Phi) is 3.66. The third-order valence-electron chi connectivity index (χ3n) is 4.09. The van der Waals surface area contributed by atoms with Gasteiger partial charge in [0.25, 0.3) is 0 Å². The summed E-state index contributed by atoms with van der Waals surface area (Å²) in [4.78, 5) is 24.1. The first-order chi connectivity index (χ1) is 12.0. The lowest BCUT2D eigenvalue weighted by atomic mass is 9.97. The first-order valence-corrected chi connectivity index (χ1v) is 8.33. The third-order valence-corrected chi connectivity index (χ3v) is 4.58. The van der Waals surface area contributed by atoms with Crippen LogP contribution >= 0.6 is 15.9 Å². The Balaban J connectivity index is 2.09. The Morgan fingerprint density at radius 2 is 1.76 bits per heavy atom. The van der Waals surface area contributed by atoms with Gasteiger partial charge in [-0.1, -0.05) is 46.3 Å². The molecule has 1 N–H and O–H groups in total. The van der Waals surface area contributed by atoms with Crippen LogP contribution in [0.1, 0.15) is 10.4 Å². The van der Waals surface area contributed by atoms with E-state index in [9.17, 15) is 14.7 Å². The van der Waals surface area contributed by atoms with E-state index >= 15 is 0 Å². The lowest BCUT2D eigenvalue weighted by molar-refractivity contribution is 0.0699. The van der Waals surface area contributed by atoms with E-state index in [-0.39, 0.29) is 11.0 Å². The summed E-state index contributed by atoms with van der Waals surface area (Å²) in [6, 6.07) is 17.1. The Hall–Kier alpha value is -2.92. The Morgan fingerprint density at radius 3 is 2.52 bits per heavy atom. The topological polar surface area (TPSA) is 67.5 Å². The Labute approximate surface area is 150 Å². The van der Waals surface area contributed by atoms with E-state index in [0.29, 0.717) is 27.7 Å². The minimum atomic E-state index is -1.02. The number of benzene rings is 3. The fourth-order valence-electron chi connectivity index (χ4n) is 2.99. The van der Waals surface area contributed by atoms with Crippen LogP contribution in [0.3, 0.4) is 0 Å². The molecule has 0 radical (unpaired) electrons. The van der Waals surface area contributed by atoms with Crippen LogP contribution in [0.15, 0.2) is 74.3 Å². The second kappa shape index (κ2) is 5.86. The van der Waals surface area contributed by atoms with Crippen molar-refractivity contribution in [1.82, 2.24) is 0 Å². The van der Waals surface area contributed by atoms with Gasteiger partial charge in [-0.3, -0.25) is 4.79 Å². The van der Waals surface area contributed by atoms with E-state index in [1.165, 1.54) is 6.07 Å². The highest BCUT2D eigenvalue weighted by molar-refractivity contribution is 9.10. The lowest BCUT2D eigenvalue weighted by Gasteiger charge is -2.09. The van der Waals surface area contributed by atoms with Gasteiger partial charge in [0.15, 0.2) is 5.43 Å². The molecule has 0 aliphatic heterocycles. The largest absolute Gasteiger partial charge is 0.478 e. The van der Waals surface area contributed by atoms with Gasteiger partial charge in [-0.15, -0.1) is 0 Å². The summed E-state index contributed by atoms with van der Waals surface area (Å²) in [5.74, 6) is -0.677. The highest BCUT2D eigenvalue weighted by atomic mass is 79.9. The lowest BCUT2D eigenvalue weighted by Crippen LogP contribution is -2.02. The predicted octanol–water partition coefficient (Wildman–Crippen LogP) is 5.07. The van der Waals surface area contributed by atoms with Crippen molar-refractivity contribution in [2.24, 2.45) is 0 Å². The molecule has 0 fully saturated rings. The summed E-state index contributed by atoms with van der Waals surface area (Å²) < 4.78 is 6.70. The highest BCUT2D eigenvalue weighted by Crippen LogP contribution is 2.32. The molecule has 1 heterocycles. The van der Waals surface area contributed by atoms with Crippen molar-refractivity contribution < 1.29 is 14.3 Å². The zero-order valence-electron chi connectivity index (χ0n) is 12.8. The summed E-state index contributed by atoms with van der Waals surface area (Å²) in [5.41, 5.74) is 1.03. The van der Waals surface area contributed by atoms with E-state index in [4.69, 9.17) is 4.42 Å². The van der Waals surface area contributed by atoms with Crippen LogP contribution in [-0.2, 0) is 0 Å². The van der Waals surface area contributed by atoms with Gasteiger partial charge in [-0.25, -0.2) is 4.79 Å². The van der Waals surface area contributed by atoms with Crippen molar-refractivity contribution in [2.75, 3.05) is 0 Å². The number of carbonyl (C=O) groups is 1. The summed E-state index contributed by atoms with van der Waals surface area (Å²) in [7, 11) is 0. The molecule has 4 aromatic rings.